The van der Waals surface area contributed by atoms with E-state index in [4.69, 9.17) is 16.3 Å². The maximum Gasteiger partial charge on any atom is 0.338 e. The van der Waals surface area contributed by atoms with Gasteiger partial charge in [-0.05, 0) is 43.2 Å². The Kier molecular flexibility index (Phi) is 6.87. The first-order valence-corrected chi connectivity index (χ1v) is 11.2. The van der Waals surface area contributed by atoms with E-state index in [1.54, 1.807) is 4.57 Å². The molecule has 176 valence electrons. The summed E-state index contributed by atoms with van der Waals surface area (Å²) in [5, 5.41) is 14.0. The van der Waals surface area contributed by atoms with Crippen LogP contribution in [0, 0.1) is 10.1 Å². The third-order valence-electron chi connectivity index (χ3n) is 5.57. The number of nitrogens with one attached hydrogen (secondary N) is 1. The van der Waals surface area contributed by atoms with Gasteiger partial charge in [0, 0.05) is 24.1 Å². The number of aromatic nitrogens is 2. The van der Waals surface area contributed by atoms with E-state index in [1.807, 2.05) is 0 Å². The van der Waals surface area contributed by atoms with Gasteiger partial charge in [-0.15, -0.1) is 0 Å². The highest BCUT2D eigenvalue weighted by molar-refractivity contribution is 6.31. The Morgan fingerprint density at radius 3 is 2.74 bits per heavy atom. The minimum Gasteiger partial charge on any atom is -0.452 e. The van der Waals surface area contributed by atoms with Gasteiger partial charge in [0.05, 0.1) is 21.4 Å². The standard InChI is InChI=1S/C23H21ClN4O6/c24-15-7-9-17(19(12-15)28(32)33)26-21(29)13-34-23(31)14-6-8-16-18(11-14)25-20-5-3-1-2-4-10-27(20)22(16)30/h6-9,11-12H,1-5,10,13H2,(H,26,29). The number of nitrogens with zero attached hydrogens (tertiary/aromatic N) is 3. The first kappa shape index (κ1) is 23.4. The summed E-state index contributed by atoms with van der Waals surface area (Å²) < 4.78 is 6.76. The molecule has 0 aliphatic carbocycles. The molecule has 1 aromatic heterocycles. The van der Waals surface area contributed by atoms with Crippen LogP contribution >= 0.6 is 11.6 Å². The predicted octanol–water partition coefficient (Wildman–Crippen LogP) is 3.87. The van der Waals surface area contributed by atoms with Gasteiger partial charge in [0.25, 0.3) is 17.2 Å². The van der Waals surface area contributed by atoms with E-state index in [1.165, 1.54) is 30.3 Å². The zero-order valence-corrected chi connectivity index (χ0v) is 18.8. The highest BCUT2D eigenvalue weighted by atomic mass is 35.5. The molecule has 0 atom stereocenters. The van der Waals surface area contributed by atoms with E-state index in [0.717, 1.165) is 31.7 Å². The quantitative estimate of drug-likeness (QED) is 0.330. The summed E-state index contributed by atoms with van der Waals surface area (Å²) >= 11 is 5.76. The molecule has 0 fully saturated rings. The first-order chi connectivity index (χ1) is 16.3. The molecule has 0 unspecified atom stereocenters. The van der Waals surface area contributed by atoms with Crippen molar-refractivity contribution in [3.05, 3.63) is 73.3 Å². The third kappa shape index (κ3) is 5.07. The lowest BCUT2D eigenvalue weighted by atomic mass is 10.1. The summed E-state index contributed by atoms with van der Waals surface area (Å²) in [5.41, 5.74) is -0.0463. The molecule has 3 aromatic rings. The first-order valence-electron chi connectivity index (χ1n) is 10.8. The molecule has 11 heteroatoms. The van der Waals surface area contributed by atoms with Crippen molar-refractivity contribution in [3.8, 4) is 0 Å². The Morgan fingerprint density at radius 1 is 1.15 bits per heavy atom. The van der Waals surface area contributed by atoms with Crippen molar-refractivity contribution in [2.75, 3.05) is 11.9 Å². The number of hydrogen-bond donors (Lipinski definition) is 1. The van der Waals surface area contributed by atoms with Crippen LogP contribution in [0.15, 0.2) is 41.2 Å². The summed E-state index contributed by atoms with van der Waals surface area (Å²) in [4.78, 5) is 52.7. The molecule has 1 amide bonds. The number of carbonyl (C=O) groups is 2. The number of nitro benzene ring substituents is 1. The Balaban J connectivity index is 1.48. The van der Waals surface area contributed by atoms with Crippen LogP contribution < -0.4 is 10.9 Å². The molecule has 0 saturated carbocycles. The largest absolute Gasteiger partial charge is 0.452 e. The number of ether oxygens (including phenoxy) is 1. The Hall–Kier alpha value is -3.79. The van der Waals surface area contributed by atoms with Gasteiger partial charge in [-0.2, -0.15) is 0 Å². The SMILES string of the molecule is O=C(COC(=O)c1ccc2c(=O)n3c(nc2c1)CCCCCC3)Nc1ccc(Cl)cc1[N+](=O)[O-]. The van der Waals surface area contributed by atoms with Crippen molar-refractivity contribution in [2.24, 2.45) is 0 Å². The van der Waals surface area contributed by atoms with Gasteiger partial charge in [-0.3, -0.25) is 24.3 Å². The van der Waals surface area contributed by atoms with Gasteiger partial charge in [0.15, 0.2) is 6.61 Å². The van der Waals surface area contributed by atoms with Crippen molar-refractivity contribution in [1.82, 2.24) is 9.55 Å². The van der Waals surface area contributed by atoms with E-state index in [-0.39, 0.29) is 27.5 Å². The summed E-state index contributed by atoms with van der Waals surface area (Å²) in [6.45, 7) is -0.0290. The summed E-state index contributed by atoms with van der Waals surface area (Å²) in [7, 11) is 0. The van der Waals surface area contributed by atoms with Crippen LogP contribution in [0.4, 0.5) is 11.4 Å². The summed E-state index contributed by atoms with van der Waals surface area (Å²) in [6, 6.07) is 8.24. The normalized spacial score (nSPS) is 13.4. The molecule has 4 rings (SSSR count). The van der Waals surface area contributed by atoms with E-state index < -0.39 is 23.4 Å². The van der Waals surface area contributed by atoms with Gasteiger partial charge in [-0.1, -0.05) is 24.4 Å². The second-order valence-corrected chi connectivity index (χ2v) is 8.36. The van der Waals surface area contributed by atoms with Gasteiger partial charge >= 0.3 is 5.97 Å². The Morgan fingerprint density at radius 2 is 1.94 bits per heavy atom. The van der Waals surface area contributed by atoms with E-state index in [2.05, 4.69) is 10.3 Å². The van der Waals surface area contributed by atoms with Crippen LogP contribution in [0.1, 0.15) is 41.9 Å². The molecule has 10 nitrogen and oxygen atoms in total. The van der Waals surface area contributed by atoms with E-state index in [0.29, 0.717) is 29.7 Å². The average Bonchev–Trinajstić information content (AvgIpc) is 2.79. The number of benzene rings is 2. The van der Waals surface area contributed by atoms with Crippen molar-refractivity contribution >= 4 is 45.8 Å². The maximum atomic E-state index is 12.9. The van der Waals surface area contributed by atoms with Gasteiger partial charge < -0.3 is 10.1 Å². The second kappa shape index (κ2) is 10.0. The number of halogens is 1. The van der Waals surface area contributed by atoms with Crippen LogP contribution in [0.25, 0.3) is 10.9 Å². The number of amides is 1. The third-order valence-corrected chi connectivity index (χ3v) is 5.80. The highest BCUT2D eigenvalue weighted by Gasteiger charge is 2.19. The van der Waals surface area contributed by atoms with Gasteiger partial charge in [0.2, 0.25) is 0 Å². The lowest BCUT2D eigenvalue weighted by molar-refractivity contribution is -0.383. The molecule has 0 saturated heterocycles. The average molecular weight is 485 g/mol. The van der Waals surface area contributed by atoms with Crippen molar-refractivity contribution in [3.63, 3.8) is 0 Å². The smallest absolute Gasteiger partial charge is 0.338 e. The zero-order chi connectivity index (χ0) is 24.2. The fourth-order valence-electron chi connectivity index (χ4n) is 3.88. The summed E-state index contributed by atoms with van der Waals surface area (Å²) in [5.74, 6) is -0.833. The Bertz CT molecular complexity index is 1350. The molecule has 1 N–H and O–H groups in total. The van der Waals surface area contributed by atoms with Crippen LogP contribution in [-0.2, 0) is 22.5 Å². The molecular formula is C23H21ClN4O6. The fourth-order valence-corrected chi connectivity index (χ4v) is 4.05. The number of aryl methyl sites for hydroxylation is 1. The molecule has 0 radical (unpaired) electrons. The highest BCUT2D eigenvalue weighted by Crippen LogP contribution is 2.27. The minimum absolute atomic E-state index is 0.0673. The molecule has 1 aliphatic rings. The molecule has 0 bridgehead atoms. The fraction of sp³-hybridized carbons (Fsp3) is 0.304. The molecule has 2 heterocycles. The number of esters is 1. The van der Waals surface area contributed by atoms with Crippen LogP contribution in [-0.4, -0.2) is 33.0 Å². The predicted molar refractivity (Wildman–Crippen MR) is 125 cm³/mol. The van der Waals surface area contributed by atoms with Crippen LogP contribution in [0.2, 0.25) is 5.02 Å². The van der Waals surface area contributed by atoms with Crippen LogP contribution in [0.3, 0.4) is 0 Å². The minimum atomic E-state index is -0.781. The van der Waals surface area contributed by atoms with Crippen molar-refractivity contribution < 1.29 is 19.2 Å². The van der Waals surface area contributed by atoms with Gasteiger partial charge in [0.1, 0.15) is 11.5 Å². The lowest BCUT2D eigenvalue weighted by Crippen LogP contribution is -2.26. The number of rotatable bonds is 5. The van der Waals surface area contributed by atoms with Gasteiger partial charge in [-0.25, -0.2) is 9.78 Å². The van der Waals surface area contributed by atoms with Crippen molar-refractivity contribution in [1.29, 1.82) is 0 Å². The van der Waals surface area contributed by atoms with Crippen LogP contribution in [0.5, 0.6) is 0 Å². The number of carbonyl (C=O) groups excluding carboxylic acids is 2. The number of anilines is 1. The molecular weight excluding hydrogens is 464 g/mol. The maximum absolute atomic E-state index is 12.9. The molecule has 2 aromatic carbocycles. The molecule has 1 aliphatic heterocycles. The second-order valence-electron chi connectivity index (χ2n) is 7.92. The zero-order valence-electron chi connectivity index (χ0n) is 18.1. The number of nitro groups is 1. The topological polar surface area (TPSA) is 133 Å². The van der Waals surface area contributed by atoms with E-state index in [9.17, 15) is 24.5 Å². The summed E-state index contributed by atoms with van der Waals surface area (Å²) in [6.07, 6.45) is 4.72. The number of hydrogen-bond acceptors (Lipinski definition) is 7. The van der Waals surface area contributed by atoms with Crippen molar-refractivity contribution in [2.45, 2.75) is 38.6 Å². The lowest BCUT2D eigenvalue weighted by Gasteiger charge is -2.16. The molecule has 34 heavy (non-hydrogen) atoms. The monoisotopic (exact) mass is 484 g/mol. The Labute approximate surface area is 198 Å². The van der Waals surface area contributed by atoms with E-state index >= 15 is 0 Å². The molecule has 0 spiro atoms. The number of fused-ring (bicyclic) bond motifs is 2.